The van der Waals surface area contributed by atoms with Crippen molar-refractivity contribution < 1.29 is 10.2 Å². The summed E-state index contributed by atoms with van der Waals surface area (Å²) < 4.78 is 0. The average molecular weight is 170 g/mol. The molecule has 1 rings (SSSR count). The van der Waals surface area contributed by atoms with Gasteiger partial charge in [-0.3, -0.25) is 4.90 Å². The fraction of sp³-hybridized carbons (Fsp3) is 0.875. The molecule has 0 unspecified atom stereocenters. The summed E-state index contributed by atoms with van der Waals surface area (Å²) in [6.45, 7) is 1.31. The van der Waals surface area contributed by atoms with Gasteiger partial charge in [0.2, 0.25) is 0 Å². The highest BCUT2D eigenvalue weighted by molar-refractivity contribution is 4.86. The fourth-order valence-corrected chi connectivity index (χ4v) is 1.61. The summed E-state index contributed by atoms with van der Waals surface area (Å²) in [5.41, 5.74) is 0. The Hall–Kier alpha value is -0.630. The van der Waals surface area contributed by atoms with Crippen LogP contribution >= 0.6 is 0 Å². The molecule has 68 valence electrons. The molecule has 0 aromatic heterocycles. The van der Waals surface area contributed by atoms with E-state index in [1.165, 1.54) is 0 Å². The lowest BCUT2D eigenvalue weighted by Gasteiger charge is -2.20. The Morgan fingerprint density at radius 1 is 1.58 bits per heavy atom. The van der Waals surface area contributed by atoms with E-state index >= 15 is 0 Å². The van der Waals surface area contributed by atoms with Crippen LogP contribution in [0.4, 0.5) is 0 Å². The summed E-state index contributed by atoms with van der Waals surface area (Å²) in [6, 6.07) is 2.10. The van der Waals surface area contributed by atoms with E-state index in [4.69, 9.17) is 10.4 Å². The molecule has 0 bridgehead atoms. The Labute approximate surface area is 72.0 Å². The number of nitriles is 1. The molecule has 0 radical (unpaired) electrons. The van der Waals surface area contributed by atoms with Gasteiger partial charge < -0.3 is 10.2 Å². The van der Waals surface area contributed by atoms with Crippen LogP contribution in [0.2, 0.25) is 0 Å². The molecule has 1 fully saturated rings. The Kier molecular flexibility index (Phi) is 3.48. The number of β-amino-alcohol motifs (C(OH)–C–C–N with tert-alkyl or cyclic N) is 1. The maximum absolute atomic E-state index is 9.26. The first kappa shape index (κ1) is 9.46. The Morgan fingerprint density at radius 2 is 2.33 bits per heavy atom. The van der Waals surface area contributed by atoms with Gasteiger partial charge in [-0.1, -0.05) is 0 Å². The zero-order valence-electron chi connectivity index (χ0n) is 6.98. The largest absolute Gasteiger partial charge is 0.395 e. The molecule has 2 atom stereocenters. The van der Waals surface area contributed by atoms with Crippen molar-refractivity contribution in [3.8, 4) is 6.07 Å². The standard InChI is InChI=1S/C8H14N2O2/c9-2-1-3-10-5-8(12)4-7(10)6-11/h7-8,11-12H,1,3-6H2/t7-,8-/m1/s1. The van der Waals surface area contributed by atoms with Crippen molar-refractivity contribution in [2.45, 2.75) is 25.0 Å². The van der Waals surface area contributed by atoms with Crippen LogP contribution in [-0.2, 0) is 0 Å². The number of aliphatic hydroxyl groups is 2. The lowest BCUT2D eigenvalue weighted by Crippen LogP contribution is -2.33. The van der Waals surface area contributed by atoms with E-state index in [0.29, 0.717) is 25.9 Å². The monoisotopic (exact) mass is 170 g/mol. The van der Waals surface area contributed by atoms with Crippen LogP contribution in [0.5, 0.6) is 0 Å². The number of aliphatic hydroxyl groups excluding tert-OH is 2. The zero-order valence-corrected chi connectivity index (χ0v) is 6.98. The first-order chi connectivity index (χ1) is 5.77. The molecular formula is C8H14N2O2. The quantitative estimate of drug-likeness (QED) is 0.589. The van der Waals surface area contributed by atoms with Crippen molar-refractivity contribution in [3.63, 3.8) is 0 Å². The van der Waals surface area contributed by atoms with E-state index in [1.54, 1.807) is 0 Å². The summed E-state index contributed by atoms with van der Waals surface area (Å²) in [7, 11) is 0. The Bertz CT molecular complexity index is 178. The van der Waals surface area contributed by atoms with Crippen molar-refractivity contribution in [2.24, 2.45) is 0 Å². The first-order valence-corrected chi connectivity index (χ1v) is 4.18. The van der Waals surface area contributed by atoms with Gasteiger partial charge in [-0.05, 0) is 6.42 Å². The summed E-state index contributed by atoms with van der Waals surface area (Å²) in [5.74, 6) is 0. The second-order valence-electron chi connectivity index (χ2n) is 3.13. The van der Waals surface area contributed by atoms with E-state index in [1.807, 2.05) is 11.0 Å². The van der Waals surface area contributed by atoms with Crippen LogP contribution in [0.25, 0.3) is 0 Å². The van der Waals surface area contributed by atoms with Gasteiger partial charge in [0, 0.05) is 25.6 Å². The van der Waals surface area contributed by atoms with Crippen LogP contribution in [0, 0.1) is 11.3 Å². The Morgan fingerprint density at radius 3 is 2.92 bits per heavy atom. The third-order valence-electron chi connectivity index (χ3n) is 2.23. The van der Waals surface area contributed by atoms with Crippen molar-refractivity contribution in [1.29, 1.82) is 5.26 Å². The number of hydrogen-bond acceptors (Lipinski definition) is 4. The molecule has 0 aliphatic carbocycles. The van der Waals surface area contributed by atoms with Crippen LogP contribution in [-0.4, -0.2) is 47.0 Å². The zero-order chi connectivity index (χ0) is 8.97. The Balaban J connectivity index is 2.36. The predicted molar refractivity (Wildman–Crippen MR) is 43.3 cm³/mol. The molecular weight excluding hydrogens is 156 g/mol. The molecule has 0 amide bonds. The maximum atomic E-state index is 9.26. The minimum atomic E-state index is -0.333. The number of rotatable bonds is 3. The minimum Gasteiger partial charge on any atom is -0.395 e. The molecule has 0 spiro atoms. The van der Waals surface area contributed by atoms with Gasteiger partial charge in [0.05, 0.1) is 18.8 Å². The normalized spacial score (nSPS) is 30.4. The molecule has 2 N–H and O–H groups in total. The summed E-state index contributed by atoms with van der Waals surface area (Å²) >= 11 is 0. The molecule has 0 aromatic carbocycles. The fourth-order valence-electron chi connectivity index (χ4n) is 1.61. The summed E-state index contributed by atoms with van der Waals surface area (Å²) in [5, 5.41) is 26.5. The molecule has 4 heteroatoms. The van der Waals surface area contributed by atoms with Gasteiger partial charge in [-0.25, -0.2) is 0 Å². The minimum absolute atomic E-state index is 0.0494. The lowest BCUT2D eigenvalue weighted by atomic mass is 10.2. The molecule has 1 aliphatic rings. The van der Waals surface area contributed by atoms with Crippen molar-refractivity contribution in [1.82, 2.24) is 4.90 Å². The van der Waals surface area contributed by atoms with Crippen molar-refractivity contribution in [2.75, 3.05) is 19.7 Å². The van der Waals surface area contributed by atoms with Crippen molar-refractivity contribution >= 4 is 0 Å². The van der Waals surface area contributed by atoms with Gasteiger partial charge in [0.1, 0.15) is 0 Å². The molecule has 0 saturated carbocycles. The second kappa shape index (κ2) is 4.41. The number of likely N-dealkylation sites (tertiary alicyclic amines) is 1. The van der Waals surface area contributed by atoms with Crippen molar-refractivity contribution in [3.05, 3.63) is 0 Å². The average Bonchev–Trinajstić information content (AvgIpc) is 2.42. The molecule has 4 nitrogen and oxygen atoms in total. The van der Waals surface area contributed by atoms with E-state index < -0.39 is 0 Å². The highest BCUT2D eigenvalue weighted by Gasteiger charge is 2.29. The van der Waals surface area contributed by atoms with E-state index in [0.717, 1.165) is 0 Å². The van der Waals surface area contributed by atoms with Gasteiger partial charge >= 0.3 is 0 Å². The SMILES string of the molecule is N#CCCN1C[C@H](O)C[C@@H]1CO. The topological polar surface area (TPSA) is 67.5 Å². The van der Waals surface area contributed by atoms with E-state index in [2.05, 4.69) is 0 Å². The first-order valence-electron chi connectivity index (χ1n) is 4.18. The number of hydrogen-bond donors (Lipinski definition) is 2. The maximum Gasteiger partial charge on any atom is 0.0683 e. The predicted octanol–water partition coefficient (Wildman–Crippen LogP) is -0.672. The third kappa shape index (κ3) is 2.18. The molecule has 12 heavy (non-hydrogen) atoms. The van der Waals surface area contributed by atoms with Crippen LogP contribution in [0.15, 0.2) is 0 Å². The summed E-state index contributed by atoms with van der Waals surface area (Å²) in [4.78, 5) is 1.97. The lowest BCUT2D eigenvalue weighted by molar-refractivity contribution is 0.158. The highest BCUT2D eigenvalue weighted by atomic mass is 16.3. The van der Waals surface area contributed by atoms with Gasteiger partial charge in [0.15, 0.2) is 0 Å². The van der Waals surface area contributed by atoms with Crippen LogP contribution in [0.1, 0.15) is 12.8 Å². The summed E-state index contributed by atoms with van der Waals surface area (Å²) in [6.07, 6.45) is 0.756. The van der Waals surface area contributed by atoms with Gasteiger partial charge in [0.25, 0.3) is 0 Å². The van der Waals surface area contributed by atoms with E-state index in [9.17, 15) is 5.11 Å². The van der Waals surface area contributed by atoms with Gasteiger partial charge in [-0.2, -0.15) is 5.26 Å². The van der Waals surface area contributed by atoms with Crippen LogP contribution < -0.4 is 0 Å². The third-order valence-corrected chi connectivity index (χ3v) is 2.23. The van der Waals surface area contributed by atoms with Gasteiger partial charge in [-0.15, -0.1) is 0 Å². The van der Waals surface area contributed by atoms with E-state index in [-0.39, 0.29) is 18.8 Å². The highest BCUT2D eigenvalue weighted by Crippen LogP contribution is 2.16. The smallest absolute Gasteiger partial charge is 0.0683 e. The number of nitrogens with zero attached hydrogens (tertiary/aromatic N) is 2. The molecule has 1 heterocycles. The molecule has 0 aromatic rings. The second-order valence-corrected chi connectivity index (χ2v) is 3.13. The van der Waals surface area contributed by atoms with Crippen LogP contribution in [0.3, 0.4) is 0 Å². The molecule has 1 aliphatic heterocycles. The molecule has 1 saturated heterocycles.